The molecule has 0 saturated carbocycles. The van der Waals surface area contributed by atoms with E-state index in [4.69, 9.17) is 11.6 Å². The predicted octanol–water partition coefficient (Wildman–Crippen LogP) is 4.34. The highest BCUT2D eigenvalue weighted by Gasteiger charge is 2.36. The van der Waals surface area contributed by atoms with Gasteiger partial charge in [0.25, 0.3) is 0 Å². The van der Waals surface area contributed by atoms with Crippen LogP contribution in [0, 0.1) is 5.92 Å². The summed E-state index contributed by atoms with van der Waals surface area (Å²) >= 11 is 9.70. The van der Waals surface area contributed by atoms with Crippen LogP contribution in [0.1, 0.15) is 12.0 Å². The van der Waals surface area contributed by atoms with Gasteiger partial charge < -0.3 is 10.2 Å². The number of nitrogens with zero attached hydrogens (tertiary/aromatic N) is 3. The van der Waals surface area contributed by atoms with Crippen molar-refractivity contribution in [1.29, 1.82) is 0 Å². The summed E-state index contributed by atoms with van der Waals surface area (Å²) in [7, 11) is 0. The third-order valence-electron chi connectivity index (χ3n) is 4.88. The monoisotopic (exact) mass is 472 g/mol. The first kappa shape index (κ1) is 19.7. The van der Waals surface area contributed by atoms with E-state index in [1.165, 1.54) is 0 Å². The fourth-order valence-electron chi connectivity index (χ4n) is 3.37. The van der Waals surface area contributed by atoms with Gasteiger partial charge in [-0.15, -0.1) is 0 Å². The van der Waals surface area contributed by atoms with Crippen LogP contribution in [0.4, 0.5) is 11.5 Å². The van der Waals surface area contributed by atoms with Crippen molar-refractivity contribution in [1.82, 2.24) is 9.78 Å². The molecule has 1 unspecified atom stereocenters. The van der Waals surface area contributed by atoms with E-state index in [1.54, 1.807) is 21.8 Å². The minimum Gasteiger partial charge on any atom is -0.311 e. The lowest BCUT2D eigenvalue weighted by Crippen LogP contribution is -2.29. The highest BCUT2D eigenvalue weighted by Crippen LogP contribution is 2.31. The SMILES string of the molecule is O=C(Nc1ccnn1Cc1ccccc1Cl)C1CC(=O)N(c2ccccc2Br)C1. The highest BCUT2D eigenvalue weighted by atomic mass is 79.9. The van der Waals surface area contributed by atoms with Crippen LogP contribution in [0.25, 0.3) is 0 Å². The number of para-hydroxylation sites is 1. The average Bonchev–Trinajstić information content (AvgIpc) is 3.30. The van der Waals surface area contributed by atoms with Crippen molar-refractivity contribution in [2.45, 2.75) is 13.0 Å². The van der Waals surface area contributed by atoms with Gasteiger partial charge in [0.15, 0.2) is 0 Å². The van der Waals surface area contributed by atoms with Crippen LogP contribution in [-0.4, -0.2) is 28.1 Å². The molecular weight excluding hydrogens is 456 g/mol. The minimum absolute atomic E-state index is 0.0679. The van der Waals surface area contributed by atoms with Crippen LogP contribution in [0.2, 0.25) is 5.02 Å². The number of anilines is 2. The quantitative estimate of drug-likeness (QED) is 0.599. The Morgan fingerprint density at radius 3 is 2.72 bits per heavy atom. The summed E-state index contributed by atoms with van der Waals surface area (Å²) in [6.07, 6.45) is 1.80. The molecule has 1 aliphatic heterocycles. The zero-order valence-electron chi connectivity index (χ0n) is 15.4. The van der Waals surface area contributed by atoms with Crippen LogP contribution in [0.5, 0.6) is 0 Å². The number of aromatic nitrogens is 2. The van der Waals surface area contributed by atoms with Gasteiger partial charge >= 0.3 is 0 Å². The first-order valence-electron chi connectivity index (χ1n) is 9.14. The Kier molecular flexibility index (Phi) is 5.69. The Balaban J connectivity index is 1.46. The van der Waals surface area contributed by atoms with Crippen molar-refractivity contribution in [3.05, 3.63) is 75.9 Å². The second-order valence-electron chi connectivity index (χ2n) is 6.81. The highest BCUT2D eigenvalue weighted by molar-refractivity contribution is 9.10. The fourth-order valence-corrected chi connectivity index (χ4v) is 4.06. The summed E-state index contributed by atoms with van der Waals surface area (Å²) in [5.74, 6) is -0.129. The van der Waals surface area contributed by atoms with Gasteiger partial charge in [-0.2, -0.15) is 5.10 Å². The molecule has 6 nitrogen and oxygen atoms in total. The van der Waals surface area contributed by atoms with Crippen molar-refractivity contribution in [2.24, 2.45) is 5.92 Å². The summed E-state index contributed by atoms with van der Waals surface area (Å²) in [4.78, 5) is 27.0. The molecule has 148 valence electrons. The minimum atomic E-state index is -0.432. The molecule has 4 rings (SSSR count). The molecule has 1 atom stereocenters. The zero-order valence-corrected chi connectivity index (χ0v) is 17.7. The first-order chi connectivity index (χ1) is 14.0. The van der Waals surface area contributed by atoms with Gasteiger partial charge in [0.2, 0.25) is 11.8 Å². The van der Waals surface area contributed by atoms with Crippen molar-refractivity contribution in [3.63, 3.8) is 0 Å². The summed E-state index contributed by atoms with van der Waals surface area (Å²) in [5, 5.41) is 7.83. The third kappa shape index (κ3) is 4.21. The molecule has 29 heavy (non-hydrogen) atoms. The molecule has 1 aromatic heterocycles. The lowest BCUT2D eigenvalue weighted by molar-refractivity contribution is -0.122. The van der Waals surface area contributed by atoms with Crippen LogP contribution < -0.4 is 10.2 Å². The van der Waals surface area contributed by atoms with Gasteiger partial charge in [-0.25, -0.2) is 4.68 Å². The molecule has 3 aromatic rings. The molecular formula is C21H18BrClN4O2. The van der Waals surface area contributed by atoms with Gasteiger partial charge in [-0.05, 0) is 39.7 Å². The van der Waals surface area contributed by atoms with E-state index < -0.39 is 5.92 Å². The molecule has 1 fully saturated rings. The maximum Gasteiger partial charge on any atom is 0.230 e. The van der Waals surface area contributed by atoms with Gasteiger partial charge in [0.1, 0.15) is 5.82 Å². The number of benzene rings is 2. The van der Waals surface area contributed by atoms with E-state index in [1.807, 2.05) is 48.5 Å². The fraction of sp³-hybridized carbons (Fsp3) is 0.190. The molecule has 2 heterocycles. The summed E-state index contributed by atoms with van der Waals surface area (Å²) in [6, 6.07) is 16.7. The smallest absolute Gasteiger partial charge is 0.230 e. The number of nitrogens with one attached hydrogen (secondary N) is 1. The number of rotatable bonds is 5. The molecule has 8 heteroatoms. The molecule has 2 aromatic carbocycles. The van der Waals surface area contributed by atoms with Crippen molar-refractivity contribution < 1.29 is 9.59 Å². The van der Waals surface area contributed by atoms with Gasteiger partial charge in [-0.1, -0.05) is 41.9 Å². The maximum absolute atomic E-state index is 12.8. The first-order valence-corrected chi connectivity index (χ1v) is 10.3. The lowest BCUT2D eigenvalue weighted by Gasteiger charge is -2.18. The molecule has 0 radical (unpaired) electrons. The van der Waals surface area contributed by atoms with E-state index in [0.29, 0.717) is 23.9 Å². The topological polar surface area (TPSA) is 67.2 Å². The molecule has 0 bridgehead atoms. The number of hydrogen-bond acceptors (Lipinski definition) is 3. The second kappa shape index (κ2) is 8.39. The number of hydrogen-bond donors (Lipinski definition) is 1. The van der Waals surface area contributed by atoms with Gasteiger partial charge in [-0.3, -0.25) is 9.59 Å². The van der Waals surface area contributed by atoms with Crippen molar-refractivity contribution >= 4 is 50.9 Å². The lowest BCUT2D eigenvalue weighted by atomic mass is 10.1. The van der Waals surface area contributed by atoms with Crippen LogP contribution in [-0.2, 0) is 16.1 Å². The van der Waals surface area contributed by atoms with E-state index in [-0.39, 0.29) is 18.2 Å². The summed E-state index contributed by atoms with van der Waals surface area (Å²) in [5.41, 5.74) is 1.68. The molecule has 0 aliphatic carbocycles. The van der Waals surface area contributed by atoms with Crippen molar-refractivity contribution in [3.8, 4) is 0 Å². The van der Waals surface area contributed by atoms with Crippen LogP contribution in [0.15, 0.2) is 65.3 Å². The number of carbonyl (C=O) groups excluding carboxylic acids is 2. The average molecular weight is 474 g/mol. The number of amides is 2. The van der Waals surface area contributed by atoms with Gasteiger partial charge in [0.05, 0.1) is 24.3 Å². The van der Waals surface area contributed by atoms with Crippen LogP contribution in [0.3, 0.4) is 0 Å². The largest absolute Gasteiger partial charge is 0.311 e. The zero-order chi connectivity index (χ0) is 20.4. The maximum atomic E-state index is 12.8. The Morgan fingerprint density at radius 1 is 1.17 bits per heavy atom. The van der Waals surface area contributed by atoms with E-state index in [2.05, 4.69) is 26.3 Å². The molecule has 1 aliphatic rings. The Bertz CT molecular complexity index is 1070. The Labute approximate surface area is 181 Å². The number of halogens is 2. The van der Waals surface area contributed by atoms with E-state index in [0.717, 1.165) is 15.7 Å². The Morgan fingerprint density at radius 2 is 1.93 bits per heavy atom. The van der Waals surface area contributed by atoms with E-state index >= 15 is 0 Å². The predicted molar refractivity (Wildman–Crippen MR) is 116 cm³/mol. The second-order valence-corrected chi connectivity index (χ2v) is 8.07. The standard InChI is InChI=1S/C21H18BrClN4O2/c22-16-6-2-4-8-18(16)26-12-15(11-20(26)28)21(29)25-19-9-10-24-27(19)13-14-5-1-3-7-17(14)23/h1-10,15H,11-13H2,(H,25,29). The third-order valence-corrected chi connectivity index (χ3v) is 5.92. The molecule has 1 N–H and O–H groups in total. The molecule has 2 amide bonds. The van der Waals surface area contributed by atoms with E-state index in [9.17, 15) is 9.59 Å². The Hall–Kier alpha value is -2.64. The summed E-state index contributed by atoms with van der Waals surface area (Å²) in [6.45, 7) is 0.779. The van der Waals surface area contributed by atoms with Gasteiger partial charge in [0, 0.05) is 28.5 Å². The molecule has 0 spiro atoms. The van der Waals surface area contributed by atoms with Crippen molar-refractivity contribution in [2.75, 3.05) is 16.8 Å². The summed E-state index contributed by atoms with van der Waals surface area (Å²) < 4.78 is 2.51. The molecule has 1 saturated heterocycles. The van der Waals surface area contributed by atoms with Crippen LogP contribution >= 0.6 is 27.5 Å². The normalized spacial score (nSPS) is 16.3. The number of carbonyl (C=O) groups is 2.